The first-order valence-electron chi connectivity index (χ1n) is 5.22. The number of amides is 1. The molecule has 1 aromatic carbocycles. The fraction of sp³-hybridized carbons (Fsp3) is 0.364. The van der Waals surface area contributed by atoms with Crippen LogP contribution in [0.5, 0.6) is 0 Å². The number of carbonyl (C=O) groups excluding carboxylic acids is 1. The first-order valence-corrected chi connectivity index (χ1v) is 6.02. The van der Waals surface area contributed by atoms with E-state index < -0.39 is 0 Å². The second-order valence-electron chi connectivity index (χ2n) is 4.06. The average Bonchev–Trinajstić information content (AvgIpc) is 2.27. The van der Waals surface area contributed by atoms with Gasteiger partial charge in [0.15, 0.2) is 0 Å². The summed E-state index contributed by atoms with van der Waals surface area (Å²) in [4.78, 5) is 15.0. The highest BCUT2D eigenvalue weighted by molar-refractivity contribution is 9.10. The Morgan fingerprint density at radius 2 is 2.12 bits per heavy atom. The molecule has 0 aliphatic carbocycles. The van der Waals surface area contributed by atoms with Crippen molar-refractivity contribution >= 4 is 33.2 Å². The van der Waals surface area contributed by atoms with Gasteiger partial charge in [-0.15, -0.1) is 0 Å². The first-order chi connectivity index (χ1) is 7.99. The van der Waals surface area contributed by atoms with Gasteiger partial charge in [0, 0.05) is 26.2 Å². The van der Waals surface area contributed by atoms with Gasteiger partial charge < -0.3 is 15.5 Å². The summed E-state index contributed by atoms with van der Waals surface area (Å²) in [7, 11) is 1.76. The monoisotopic (exact) mass is 301 g/mol. The summed E-state index contributed by atoms with van der Waals surface area (Å²) in [5, 5.41) is 0. The molecule has 0 atom stereocenters. The lowest BCUT2D eigenvalue weighted by atomic mass is 10.2. The molecular formula is C11H13BrFN3O. The van der Waals surface area contributed by atoms with Crippen molar-refractivity contribution in [2.75, 3.05) is 37.3 Å². The lowest BCUT2D eigenvalue weighted by Gasteiger charge is -2.34. The Hall–Kier alpha value is -1.30. The minimum Gasteiger partial charge on any atom is -0.397 e. The molecule has 1 fully saturated rings. The predicted octanol–water partition coefficient (Wildman–Crippen LogP) is 1.45. The fourth-order valence-electron chi connectivity index (χ4n) is 1.79. The van der Waals surface area contributed by atoms with Crippen LogP contribution in [-0.4, -0.2) is 37.5 Å². The maximum atomic E-state index is 13.5. The highest BCUT2D eigenvalue weighted by Gasteiger charge is 2.23. The third kappa shape index (κ3) is 2.36. The molecular weight excluding hydrogens is 289 g/mol. The Kier molecular flexibility index (Phi) is 3.24. The zero-order valence-corrected chi connectivity index (χ0v) is 11.0. The number of halogens is 2. The number of nitrogens with two attached hydrogens (primary N) is 1. The number of likely N-dealkylation sites (N-methyl/N-ethyl adjacent to an activating group) is 1. The predicted molar refractivity (Wildman–Crippen MR) is 68.4 cm³/mol. The van der Waals surface area contributed by atoms with E-state index in [-0.39, 0.29) is 18.3 Å². The number of nitrogens with zero attached hydrogens (tertiary/aromatic N) is 2. The van der Waals surface area contributed by atoms with Crippen LogP contribution >= 0.6 is 15.9 Å². The van der Waals surface area contributed by atoms with E-state index in [1.54, 1.807) is 16.8 Å². The zero-order valence-electron chi connectivity index (χ0n) is 9.41. The first kappa shape index (κ1) is 12.2. The summed E-state index contributed by atoms with van der Waals surface area (Å²) >= 11 is 3.08. The van der Waals surface area contributed by atoms with Crippen molar-refractivity contribution < 1.29 is 9.18 Å². The number of hydrogen-bond acceptors (Lipinski definition) is 3. The zero-order chi connectivity index (χ0) is 12.6. The number of hydrogen-bond donors (Lipinski definition) is 1. The molecule has 2 N–H and O–H groups in total. The molecule has 17 heavy (non-hydrogen) atoms. The molecule has 92 valence electrons. The second-order valence-corrected chi connectivity index (χ2v) is 4.92. The molecule has 0 bridgehead atoms. The van der Waals surface area contributed by atoms with Crippen molar-refractivity contribution in [3.05, 3.63) is 22.4 Å². The van der Waals surface area contributed by atoms with Crippen LogP contribution in [-0.2, 0) is 4.79 Å². The van der Waals surface area contributed by atoms with Gasteiger partial charge in [-0.05, 0) is 22.0 Å². The SMILES string of the molecule is CN1CCN(c2cc(F)c(Br)cc2N)CC1=O. The van der Waals surface area contributed by atoms with Crippen molar-refractivity contribution in [2.24, 2.45) is 0 Å². The van der Waals surface area contributed by atoms with Gasteiger partial charge in [0.1, 0.15) is 5.82 Å². The van der Waals surface area contributed by atoms with Crippen LogP contribution in [0.1, 0.15) is 0 Å². The van der Waals surface area contributed by atoms with E-state index in [4.69, 9.17) is 5.73 Å². The number of rotatable bonds is 1. The number of piperazine rings is 1. The third-order valence-corrected chi connectivity index (χ3v) is 3.48. The van der Waals surface area contributed by atoms with E-state index in [2.05, 4.69) is 15.9 Å². The van der Waals surface area contributed by atoms with E-state index in [9.17, 15) is 9.18 Å². The van der Waals surface area contributed by atoms with E-state index in [1.165, 1.54) is 12.1 Å². The molecule has 1 aliphatic heterocycles. The van der Waals surface area contributed by atoms with Gasteiger partial charge in [-0.3, -0.25) is 4.79 Å². The van der Waals surface area contributed by atoms with Crippen LogP contribution < -0.4 is 10.6 Å². The van der Waals surface area contributed by atoms with Crippen LogP contribution in [0.4, 0.5) is 15.8 Å². The number of anilines is 2. The van der Waals surface area contributed by atoms with Gasteiger partial charge in [-0.1, -0.05) is 0 Å². The molecule has 1 saturated heterocycles. The lowest BCUT2D eigenvalue weighted by Crippen LogP contribution is -2.48. The molecule has 6 heteroatoms. The van der Waals surface area contributed by atoms with Crippen molar-refractivity contribution in [3.8, 4) is 0 Å². The Balaban J connectivity index is 2.29. The van der Waals surface area contributed by atoms with Gasteiger partial charge in [0.2, 0.25) is 5.91 Å². The summed E-state index contributed by atoms with van der Waals surface area (Å²) in [6, 6.07) is 2.88. The van der Waals surface area contributed by atoms with Gasteiger partial charge in [-0.25, -0.2) is 4.39 Å². The van der Waals surface area contributed by atoms with E-state index in [0.29, 0.717) is 28.9 Å². The normalized spacial score (nSPS) is 16.5. The second kappa shape index (κ2) is 4.52. The average molecular weight is 302 g/mol. The summed E-state index contributed by atoms with van der Waals surface area (Å²) in [5.41, 5.74) is 6.88. The number of nitrogen functional groups attached to an aromatic ring is 1. The van der Waals surface area contributed by atoms with Crippen LogP contribution in [0.3, 0.4) is 0 Å². The standard InChI is InChI=1S/C11H13BrFN3O/c1-15-2-3-16(6-11(15)17)10-5-8(13)7(12)4-9(10)14/h4-5H,2-3,6,14H2,1H3. The highest BCUT2D eigenvalue weighted by atomic mass is 79.9. The minimum atomic E-state index is -0.374. The van der Waals surface area contributed by atoms with Crippen LogP contribution in [0, 0.1) is 5.82 Å². The molecule has 1 aliphatic rings. The van der Waals surface area contributed by atoms with E-state index in [1.807, 2.05) is 0 Å². The van der Waals surface area contributed by atoms with Gasteiger partial charge in [0.05, 0.1) is 22.4 Å². The van der Waals surface area contributed by atoms with E-state index in [0.717, 1.165) is 0 Å². The lowest BCUT2D eigenvalue weighted by molar-refractivity contribution is -0.129. The Labute approximate surface area is 107 Å². The van der Waals surface area contributed by atoms with Gasteiger partial charge in [-0.2, -0.15) is 0 Å². The largest absolute Gasteiger partial charge is 0.397 e. The summed E-state index contributed by atoms with van der Waals surface area (Å²) < 4.78 is 13.8. The van der Waals surface area contributed by atoms with E-state index >= 15 is 0 Å². The third-order valence-electron chi connectivity index (χ3n) is 2.87. The molecule has 1 heterocycles. The molecule has 2 rings (SSSR count). The topological polar surface area (TPSA) is 49.6 Å². The van der Waals surface area contributed by atoms with Gasteiger partial charge in [0.25, 0.3) is 0 Å². The van der Waals surface area contributed by atoms with Crippen molar-refractivity contribution in [1.82, 2.24) is 4.90 Å². The molecule has 0 unspecified atom stereocenters. The Bertz CT molecular complexity index is 466. The van der Waals surface area contributed by atoms with Crippen LogP contribution in [0.2, 0.25) is 0 Å². The molecule has 0 aromatic heterocycles. The maximum Gasteiger partial charge on any atom is 0.241 e. The number of benzene rings is 1. The Morgan fingerprint density at radius 3 is 2.76 bits per heavy atom. The van der Waals surface area contributed by atoms with Gasteiger partial charge >= 0.3 is 0 Å². The summed E-state index contributed by atoms with van der Waals surface area (Å²) in [6.07, 6.45) is 0. The molecule has 1 amide bonds. The molecule has 0 radical (unpaired) electrons. The van der Waals surface area contributed by atoms with Crippen molar-refractivity contribution in [2.45, 2.75) is 0 Å². The quantitative estimate of drug-likeness (QED) is 0.799. The van der Waals surface area contributed by atoms with Crippen molar-refractivity contribution in [3.63, 3.8) is 0 Å². The van der Waals surface area contributed by atoms with Crippen molar-refractivity contribution in [1.29, 1.82) is 0 Å². The molecule has 0 saturated carbocycles. The number of carbonyl (C=O) groups is 1. The maximum absolute atomic E-state index is 13.5. The fourth-order valence-corrected chi connectivity index (χ4v) is 2.15. The highest BCUT2D eigenvalue weighted by Crippen LogP contribution is 2.30. The summed E-state index contributed by atoms with van der Waals surface area (Å²) in [5.74, 6) is -0.362. The molecule has 1 aromatic rings. The minimum absolute atomic E-state index is 0.0129. The summed E-state index contributed by atoms with van der Waals surface area (Å²) in [6.45, 7) is 1.52. The smallest absolute Gasteiger partial charge is 0.241 e. The Morgan fingerprint density at radius 1 is 1.41 bits per heavy atom. The molecule has 0 spiro atoms. The van der Waals surface area contributed by atoms with Crippen LogP contribution in [0.15, 0.2) is 16.6 Å². The molecule has 4 nitrogen and oxygen atoms in total. The van der Waals surface area contributed by atoms with Crippen LogP contribution in [0.25, 0.3) is 0 Å².